The fourth-order valence-electron chi connectivity index (χ4n) is 0.458. The van der Waals surface area contributed by atoms with Crippen LogP contribution < -0.4 is 0 Å². The summed E-state index contributed by atoms with van der Waals surface area (Å²) in [6.45, 7) is -0.447. The summed E-state index contributed by atoms with van der Waals surface area (Å²) in [7, 11) is -4.30. The number of rotatable bonds is 1. The van der Waals surface area contributed by atoms with Gasteiger partial charge in [-0.15, -0.1) is 0 Å². The summed E-state index contributed by atoms with van der Waals surface area (Å²) >= 11 is 0. The van der Waals surface area contributed by atoms with E-state index in [9.17, 15) is 13.2 Å². The molecule has 1 N–H and O–H groups in total. The van der Waals surface area contributed by atoms with Crippen molar-refractivity contribution in [2.45, 2.75) is 5.44 Å². The van der Waals surface area contributed by atoms with Crippen LogP contribution in [-0.4, -0.2) is 31.2 Å². The predicted octanol–water partition coefficient (Wildman–Crippen LogP) is -0.633. The minimum absolute atomic E-state index is 0.447. The van der Waals surface area contributed by atoms with Crippen molar-refractivity contribution in [2.75, 3.05) is 6.61 Å². The second-order valence-corrected chi connectivity index (χ2v) is 3.18. The highest BCUT2D eigenvalue weighted by Gasteiger charge is 2.35. The molecule has 1 saturated heterocycles. The fraction of sp³-hybridized carbons (Fsp3) is 0.667. The van der Waals surface area contributed by atoms with Crippen LogP contribution in [0.25, 0.3) is 0 Å². The van der Waals surface area contributed by atoms with E-state index in [0.29, 0.717) is 0 Å². The van der Waals surface area contributed by atoms with Crippen LogP contribution >= 0.6 is 0 Å². The molecule has 1 unspecified atom stereocenters. The molecule has 1 fully saturated rings. The number of hydrogen-bond acceptors (Lipinski definition) is 5. The molecule has 0 radical (unpaired) electrons. The lowest BCUT2D eigenvalue weighted by Gasteiger charge is -1.98. The number of ether oxygens (including phenoxy) is 2. The van der Waals surface area contributed by atoms with Crippen LogP contribution in [0.15, 0.2) is 0 Å². The molecule has 58 valence electrons. The molecular formula is C3H4O6S. The molecule has 0 saturated carbocycles. The van der Waals surface area contributed by atoms with Gasteiger partial charge in [-0.05, 0) is 0 Å². The molecule has 0 aromatic heterocycles. The molecule has 10 heavy (non-hydrogen) atoms. The topological polar surface area (TPSA) is 89.9 Å². The molecule has 1 atom stereocenters. The zero-order chi connectivity index (χ0) is 7.78. The van der Waals surface area contributed by atoms with Crippen molar-refractivity contribution in [3.05, 3.63) is 0 Å². The Morgan fingerprint density at radius 2 is 2.20 bits per heavy atom. The van der Waals surface area contributed by atoms with Crippen molar-refractivity contribution in [2.24, 2.45) is 0 Å². The van der Waals surface area contributed by atoms with Gasteiger partial charge in [0.25, 0.3) is 5.44 Å². The molecule has 7 heteroatoms. The first-order valence-electron chi connectivity index (χ1n) is 2.30. The molecule has 0 bridgehead atoms. The molecule has 1 aliphatic rings. The highest BCUT2D eigenvalue weighted by atomic mass is 32.2. The van der Waals surface area contributed by atoms with Gasteiger partial charge in [0, 0.05) is 0 Å². The first kappa shape index (κ1) is 7.29. The molecule has 0 aliphatic carbocycles. The van der Waals surface area contributed by atoms with E-state index < -0.39 is 28.3 Å². The normalized spacial score (nSPS) is 25.7. The maximum Gasteiger partial charge on any atom is 0.509 e. The van der Waals surface area contributed by atoms with E-state index in [-0.39, 0.29) is 0 Å². The van der Waals surface area contributed by atoms with Crippen molar-refractivity contribution >= 4 is 16.3 Å². The highest BCUT2D eigenvalue weighted by Crippen LogP contribution is 2.10. The van der Waals surface area contributed by atoms with Gasteiger partial charge in [0.2, 0.25) is 0 Å². The summed E-state index contributed by atoms with van der Waals surface area (Å²) in [6.07, 6.45) is -1.08. The summed E-state index contributed by atoms with van der Waals surface area (Å²) in [5.41, 5.74) is -1.56. The Bertz CT molecular complexity index is 240. The number of carbonyl (C=O) groups excluding carboxylic acids is 1. The third-order valence-electron chi connectivity index (χ3n) is 0.897. The Morgan fingerprint density at radius 1 is 1.60 bits per heavy atom. The van der Waals surface area contributed by atoms with Crippen molar-refractivity contribution in [3.63, 3.8) is 0 Å². The molecule has 1 rings (SSSR count). The zero-order valence-electron chi connectivity index (χ0n) is 4.68. The quantitative estimate of drug-likeness (QED) is 0.414. The van der Waals surface area contributed by atoms with Crippen LogP contribution in [0.5, 0.6) is 0 Å². The van der Waals surface area contributed by atoms with E-state index in [1.165, 1.54) is 0 Å². The van der Waals surface area contributed by atoms with Crippen LogP contribution in [0.4, 0.5) is 4.79 Å². The Morgan fingerprint density at radius 3 is 2.40 bits per heavy atom. The molecule has 0 aromatic rings. The van der Waals surface area contributed by atoms with Crippen LogP contribution in [0.1, 0.15) is 0 Å². The average molecular weight is 168 g/mol. The number of cyclic esters (lactones) is 2. The van der Waals surface area contributed by atoms with Gasteiger partial charge < -0.3 is 9.47 Å². The fourth-order valence-corrected chi connectivity index (χ4v) is 0.898. The first-order chi connectivity index (χ1) is 4.50. The lowest BCUT2D eigenvalue weighted by Crippen LogP contribution is -2.21. The van der Waals surface area contributed by atoms with E-state index >= 15 is 0 Å². The molecule has 0 spiro atoms. The number of hydrogen-bond donors (Lipinski definition) is 1. The third kappa shape index (κ3) is 1.36. The van der Waals surface area contributed by atoms with Gasteiger partial charge in [0.15, 0.2) is 0 Å². The van der Waals surface area contributed by atoms with Gasteiger partial charge in [-0.2, -0.15) is 8.42 Å². The van der Waals surface area contributed by atoms with Gasteiger partial charge in [-0.3, -0.25) is 4.55 Å². The lowest BCUT2D eigenvalue weighted by atomic mass is 10.8. The minimum atomic E-state index is -4.30. The molecule has 0 aromatic carbocycles. The molecule has 6 nitrogen and oxygen atoms in total. The highest BCUT2D eigenvalue weighted by molar-refractivity contribution is 7.86. The van der Waals surface area contributed by atoms with Gasteiger partial charge in [-0.25, -0.2) is 4.79 Å². The standard InChI is InChI=1S/C3H4O6S/c4-3-8-1-2(9-3)10(5,6)7/h2H,1H2,(H,5,6,7). The minimum Gasteiger partial charge on any atom is -0.429 e. The van der Waals surface area contributed by atoms with Gasteiger partial charge in [0.05, 0.1) is 0 Å². The number of carbonyl (C=O) groups is 1. The second kappa shape index (κ2) is 2.10. The Kier molecular flexibility index (Phi) is 1.53. The Balaban J connectivity index is 2.71. The average Bonchev–Trinajstić information content (AvgIpc) is 2.11. The van der Waals surface area contributed by atoms with Crippen LogP contribution in [0.2, 0.25) is 0 Å². The molecule has 1 heterocycles. The Labute approximate surface area is 56.5 Å². The summed E-state index contributed by atoms with van der Waals surface area (Å²) in [5.74, 6) is 0. The summed E-state index contributed by atoms with van der Waals surface area (Å²) in [5, 5.41) is 0. The van der Waals surface area contributed by atoms with E-state index in [1.807, 2.05) is 0 Å². The van der Waals surface area contributed by atoms with Gasteiger partial charge in [0.1, 0.15) is 6.61 Å². The van der Waals surface area contributed by atoms with Gasteiger partial charge in [-0.1, -0.05) is 0 Å². The largest absolute Gasteiger partial charge is 0.509 e. The van der Waals surface area contributed by atoms with E-state index in [0.717, 1.165) is 0 Å². The van der Waals surface area contributed by atoms with E-state index in [4.69, 9.17) is 4.55 Å². The van der Waals surface area contributed by atoms with E-state index in [1.54, 1.807) is 0 Å². The SMILES string of the molecule is O=C1OCC(S(=O)(=O)O)O1. The summed E-state index contributed by atoms with van der Waals surface area (Å²) in [4.78, 5) is 10.1. The maximum absolute atomic E-state index is 10.2. The van der Waals surface area contributed by atoms with Crippen LogP contribution in [-0.2, 0) is 19.6 Å². The van der Waals surface area contributed by atoms with Gasteiger partial charge >= 0.3 is 16.3 Å². The molecule has 0 amide bonds. The Hall–Kier alpha value is -0.820. The first-order valence-corrected chi connectivity index (χ1v) is 3.80. The second-order valence-electron chi connectivity index (χ2n) is 1.62. The predicted molar refractivity (Wildman–Crippen MR) is 27.8 cm³/mol. The maximum atomic E-state index is 10.2. The van der Waals surface area contributed by atoms with E-state index in [2.05, 4.69) is 9.47 Å². The van der Waals surface area contributed by atoms with Crippen LogP contribution in [0, 0.1) is 0 Å². The van der Waals surface area contributed by atoms with Crippen molar-refractivity contribution in [3.8, 4) is 0 Å². The molecular weight excluding hydrogens is 164 g/mol. The summed E-state index contributed by atoms with van der Waals surface area (Å²) in [6, 6.07) is 0. The zero-order valence-corrected chi connectivity index (χ0v) is 5.50. The monoisotopic (exact) mass is 168 g/mol. The third-order valence-corrected chi connectivity index (χ3v) is 1.79. The summed E-state index contributed by atoms with van der Waals surface area (Å²) < 4.78 is 36.7. The van der Waals surface area contributed by atoms with Crippen molar-refractivity contribution < 1.29 is 27.2 Å². The lowest BCUT2D eigenvalue weighted by molar-refractivity contribution is 0.127. The van der Waals surface area contributed by atoms with Crippen LogP contribution in [0.3, 0.4) is 0 Å². The molecule has 1 aliphatic heterocycles. The van der Waals surface area contributed by atoms with Crippen molar-refractivity contribution in [1.29, 1.82) is 0 Å². The van der Waals surface area contributed by atoms with Crippen molar-refractivity contribution in [1.82, 2.24) is 0 Å². The smallest absolute Gasteiger partial charge is 0.429 e.